The summed E-state index contributed by atoms with van der Waals surface area (Å²) < 4.78 is 19.2. The summed E-state index contributed by atoms with van der Waals surface area (Å²) in [6.45, 7) is 10.1. The van der Waals surface area contributed by atoms with Crippen LogP contribution in [-0.4, -0.2) is 73.9 Å². The molecule has 0 aromatic carbocycles. The lowest BCUT2D eigenvalue weighted by Gasteiger charge is -2.69. The smallest absolute Gasteiger partial charge is 0.0806 e. The van der Waals surface area contributed by atoms with Gasteiger partial charge in [0.1, 0.15) is 0 Å². The number of ether oxygens (including phenoxy) is 3. The van der Waals surface area contributed by atoms with Crippen LogP contribution in [0.1, 0.15) is 52.9 Å². The van der Waals surface area contributed by atoms with Gasteiger partial charge in [-0.15, -0.1) is 0 Å². The Kier molecular flexibility index (Phi) is 4.38. The van der Waals surface area contributed by atoms with E-state index in [0.717, 1.165) is 26.0 Å². The molecule has 1 aliphatic heterocycles. The van der Waals surface area contributed by atoms with Crippen LogP contribution in [0.3, 0.4) is 0 Å². The minimum atomic E-state index is -0.306. The number of hydrogen-bond acceptors (Lipinski definition) is 5. The van der Waals surface area contributed by atoms with Gasteiger partial charge in [0, 0.05) is 63.0 Å². The van der Waals surface area contributed by atoms with Crippen molar-refractivity contribution >= 4 is 0 Å². The van der Waals surface area contributed by atoms with Crippen LogP contribution >= 0.6 is 0 Å². The van der Waals surface area contributed by atoms with E-state index in [0.29, 0.717) is 35.3 Å². The Morgan fingerprint density at radius 1 is 1.10 bits per heavy atom. The van der Waals surface area contributed by atoms with Gasteiger partial charge >= 0.3 is 0 Å². The lowest BCUT2D eigenvalue weighted by Crippen LogP contribution is -2.76. The highest BCUT2D eigenvalue weighted by Crippen LogP contribution is 2.79. The Hall–Kier alpha value is -0.200. The number of aliphatic hydroxyl groups is 1. The minimum Gasteiger partial charge on any atom is -0.392 e. The summed E-state index contributed by atoms with van der Waals surface area (Å²) in [7, 11) is 3.78. The largest absolute Gasteiger partial charge is 0.392 e. The summed E-state index contributed by atoms with van der Waals surface area (Å²) in [6.07, 6.45) is 5.80. The summed E-state index contributed by atoms with van der Waals surface area (Å²) in [5.41, 5.74) is 0.257. The lowest BCUT2D eigenvalue weighted by atomic mass is 9.43. The molecule has 0 aromatic heterocycles. The van der Waals surface area contributed by atoms with E-state index in [1.165, 1.54) is 25.8 Å². The zero-order valence-corrected chi connectivity index (χ0v) is 19.5. The van der Waals surface area contributed by atoms with Crippen molar-refractivity contribution in [2.75, 3.05) is 33.9 Å². The van der Waals surface area contributed by atoms with Crippen LogP contribution < -0.4 is 0 Å². The molecule has 6 fully saturated rings. The fourth-order valence-electron chi connectivity index (χ4n) is 10.9. The van der Waals surface area contributed by atoms with E-state index in [2.05, 4.69) is 25.7 Å². The first-order chi connectivity index (χ1) is 14.4. The van der Waals surface area contributed by atoms with Crippen molar-refractivity contribution in [3.63, 3.8) is 0 Å². The highest BCUT2D eigenvalue weighted by molar-refractivity contribution is 5.33. The van der Waals surface area contributed by atoms with E-state index >= 15 is 0 Å². The third kappa shape index (κ3) is 2.00. The van der Waals surface area contributed by atoms with Gasteiger partial charge in [-0.05, 0) is 56.4 Å². The van der Waals surface area contributed by atoms with Gasteiger partial charge in [-0.3, -0.25) is 4.90 Å². The van der Waals surface area contributed by atoms with Gasteiger partial charge in [0.2, 0.25) is 0 Å². The Bertz CT molecular complexity index is 717. The van der Waals surface area contributed by atoms with E-state index in [4.69, 9.17) is 14.2 Å². The fraction of sp³-hybridized carbons (Fsp3) is 1.00. The van der Waals surface area contributed by atoms with Crippen molar-refractivity contribution in [3.05, 3.63) is 0 Å². The number of nitrogens with zero attached hydrogens (tertiary/aromatic N) is 1. The van der Waals surface area contributed by atoms with Gasteiger partial charge in [0.05, 0.1) is 23.9 Å². The SMILES string of the molecule is CCO[C@]12C[C@H](OC)[C@H]3C[C@H]([C@@H]1[C@H]3O)[C@@]13C4[C@@H]2C[C@@H]1[C@@](C)(CC[C@@H]3OC)CN4CC. The van der Waals surface area contributed by atoms with Crippen molar-refractivity contribution in [1.82, 2.24) is 4.90 Å². The van der Waals surface area contributed by atoms with Crippen molar-refractivity contribution in [2.45, 2.75) is 82.8 Å². The number of fused-ring (bicyclic) bond motifs is 2. The number of methoxy groups -OCH3 is 2. The molecule has 1 spiro atoms. The minimum absolute atomic E-state index is 0.106. The second-order valence-electron chi connectivity index (χ2n) is 11.7. The van der Waals surface area contributed by atoms with E-state index < -0.39 is 0 Å². The van der Waals surface area contributed by atoms with Crippen molar-refractivity contribution in [3.8, 4) is 0 Å². The van der Waals surface area contributed by atoms with E-state index in [-0.39, 0.29) is 35.1 Å². The number of hydrogen-bond donors (Lipinski definition) is 1. The first-order valence-electron chi connectivity index (χ1n) is 12.5. The Labute approximate surface area is 181 Å². The van der Waals surface area contributed by atoms with Crippen molar-refractivity contribution in [2.24, 2.45) is 40.4 Å². The monoisotopic (exact) mass is 419 g/mol. The maximum absolute atomic E-state index is 11.7. The molecule has 1 heterocycles. The molecule has 7 bridgehead atoms. The normalized spacial score (nSPS) is 60.8. The highest BCUT2D eigenvalue weighted by atomic mass is 16.5. The number of piperidine rings is 1. The van der Waals surface area contributed by atoms with E-state index in [9.17, 15) is 5.11 Å². The Balaban J connectivity index is 1.60. The average molecular weight is 420 g/mol. The highest BCUT2D eigenvalue weighted by Gasteiger charge is 2.83. The summed E-state index contributed by atoms with van der Waals surface area (Å²) in [5.74, 6) is 2.09. The van der Waals surface area contributed by atoms with Crippen LogP contribution in [0.4, 0.5) is 0 Å². The first kappa shape index (κ1) is 20.4. The third-order valence-electron chi connectivity index (χ3n) is 11.3. The molecule has 30 heavy (non-hydrogen) atoms. The molecule has 0 amide bonds. The molecule has 6 aliphatic rings. The zero-order chi connectivity index (χ0) is 21.1. The van der Waals surface area contributed by atoms with Crippen LogP contribution in [0.5, 0.6) is 0 Å². The van der Waals surface area contributed by atoms with Crippen LogP contribution in [0.2, 0.25) is 0 Å². The molecule has 1 saturated heterocycles. The second-order valence-corrected chi connectivity index (χ2v) is 11.7. The molecule has 12 atom stereocenters. The molecule has 5 nitrogen and oxygen atoms in total. The molecule has 6 rings (SSSR count). The molecule has 5 aliphatic carbocycles. The Morgan fingerprint density at radius 2 is 1.90 bits per heavy atom. The molecule has 5 saturated carbocycles. The zero-order valence-electron chi connectivity index (χ0n) is 19.5. The van der Waals surface area contributed by atoms with Crippen LogP contribution in [-0.2, 0) is 14.2 Å². The molecular formula is C25H41NO4. The molecule has 1 unspecified atom stereocenters. The fourth-order valence-corrected chi connectivity index (χ4v) is 10.9. The number of likely N-dealkylation sites (tertiary alicyclic amines) is 1. The molecule has 1 N–H and O–H groups in total. The van der Waals surface area contributed by atoms with E-state index in [1.807, 2.05) is 14.2 Å². The number of aliphatic hydroxyl groups excluding tert-OH is 1. The summed E-state index contributed by atoms with van der Waals surface area (Å²) in [4.78, 5) is 2.82. The first-order valence-corrected chi connectivity index (χ1v) is 12.5. The van der Waals surface area contributed by atoms with Gasteiger partial charge in [-0.25, -0.2) is 0 Å². The van der Waals surface area contributed by atoms with Gasteiger partial charge in [0.25, 0.3) is 0 Å². The van der Waals surface area contributed by atoms with Gasteiger partial charge in [-0.2, -0.15) is 0 Å². The van der Waals surface area contributed by atoms with Gasteiger partial charge < -0.3 is 19.3 Å². The summed E-state index contributed by atoms with van der Waals surface area (Å²) in [6, 6.07) is 0.514. The van der Waals surface area contributed by atoms with Crippen LogP contribution in [0.25, 0.3) is 0 Å². The predicted molar refractivity (Wildman–Crippen MR) is 114 cm³/mol. The van der Waals surface area contributed by atoms with Crippen LogP contribution in [0, 0.1) is 40.4 Å². The maximum atomic E-state index is 11.7. The molecule has 170 valence electrons. The molecule has 5 heteroatoms. The lowest BCUT2D eigenvalue weighted by molar-refractivity contribution is -0.280. The molecule has 0 aromatic rings. The standard InChI is InChI=1S/C25H41NO4/c1-6-26-13-23(3)9-8-19(29-5)25-15-10-14-17(28-4)12-24(30-7-2,20(15)21(14)27)16(22(25)26)11-18(23)25/h14-22,27H,6-13H2,1-5H3/t14-,15-,16+,17+,18-,19+,20-,21+,22?,23+,24+,25-/m1/s1. The average Bonchev–Trinajstić information content (AvgIpc) is 3.15. The van der Waals surface area contributed by atoms with E-state index in [1.54, 1.807) is 0 Å². The van der Waals surface area contributed by atoms with Crippen molar-refractivity contribution in [1.29, 1.82) is 0 Å². The number of rotatable bonds is 5. The third-order valence-corrected chi connectivity index (χ3v) is 11.3. The summed E-state index contributed by atoms with van der Waals surface area (Å²) in [5, 5.41) is 11.7. The second kappa shape index (κ2) is 6.44. The molecule has 0 radical (unpaired) electrons. The predicted octanol–water partition coefficient (Wildman–Crippen LogP) is 2.95. The van der Waals surface area contributed by atoms with Crippen molar-refractivity contribution < 1.29 is 19.3 Å². The quantitative estimate of drug-likeness (QED) is 0.743. The Morgan fingerprint density at radius 3 is 2.57 bits per heavy atom. The summed E-state index contributed by atoms with van der Waals surface area (Å²) >= 11 is 0. The topological polar surface area (TPSA) is 51.2 Å². The maximum Gasteiger partial charge on any atom is 0.0806 e. The van der Waals surface area contributed by atoms with Gasteiger partial charge in [0.15, 0.2) is 0 Å². The molecular weight excluding hydrogens is 378 g/mol. The van der Waals surface area contributed by atoms with Gasteiger partial charge in [-0.1, -0.05) is 13.8 Å². The van der Waals surface area contributed by atoms with Crippen LogP contribution in [0.15, 0.2) is 0 Å².